The van der Waals surface area contributed by atoms with Gasteiger partial charge in [-0.2, -0.15) is 0 Å². The first-order valence-electron chi connectivity index (χ1n) is 7.95. The molecule has 0 atom stereocenters. The van der Waals surface area contributed by atoms with Crippen molar-refractivity contribution in [3.63, 3.8) is 0 Å². The van der Waals surface area contributed by atoms with Crippen LogP contribution in [0, 0.1) is 0 Å². The first-order chi connectivity index (χ1) is 12.2. The number of benzene rings is 2. The molecular formula is C18H20N2O5S. The third kappa shape index (κ3) is 4.60. The molecule has 2 aromatic rings. The molecule has 0 fully saturated rings. The summed E-state index contributed by atoms with van der Waals surface area (Å²) in [4.78, 5) is 22.2. The van der Waals surface area contributed by atoms with E-state index in [9.17, 15) is 18.0 Å². The highest BCUT2D eigenvalue weighted by atomic mass is 32.2. The van der Waals surface area contributed by atoms with E-state index in [-0.39, 0.29) is 16.5 Å². The third-order valence-corrected chi connectivity index (χ3v) is 5.46. The van der Waals surface area contributed by atoms with E-state index in [1.54, 1.807) is 24.3 Å². The van der Waals surface area contributed by atoms with Gasteiger partial charge in [0.2, 0.25) is 5.91 Å². The maximum atomic E-state index is 12.9. The van der Waals surface area contributed by atoms with E-state index >= 15 is 0 Å². The van der Waals surface area contributed by atoms with Crippen LogP contribution in [-0.4, -0.2) is 31.9 Å². The highest BCUT2D eigenvalue weighted by molar-refractivity contribution is 7.92. The maximum Gasteiger partial charge on any atom is 0.324 e. The van der Waals surface area contributed by atoms with Gasteiger partial charge in [-0.1, -0.05) is 19.1 Å². The molecule has 0 heterocycles. The zero-order valence-electron chi connectivity index (χ0n) is 14.5. The topological polar surface area (TPSA) is 104 Å². The Labute approximate surface area is 152 Å². The Balaban J connectivity index is 2.41. The second-order valence-corrected chi connectivity index (χ2v) is 7.49. The van der Waals surface area contributed by atoms with Gasteiger partial charge >= 0.3 is 5.97 Å². The first kappa shape index (κ1) is 19.5. The number of aryl methyl sites for hydroxylation is 1. The van der Waals surface area contributed by atoms with Crippen LogP contribution in [0.2, 0.25) is 0 Å². The van der Waals surface area contributed by atoms with Gasteiger partial charge in [0.15, 0.2) is 0 Å². The number of nitrogens with one attached hydrogen (secondary N) is 1. The summed E-state index contributed by atoms with van der Waals surface area (Å²) in [6.45, 7) is 2.62. The van der Waals surface area contributed by atoms with Crippen molar-refractivity contribution in [2.24, 2.45) is 0 Å². The molecule has 0 aliphatic carbocycles. The number of carbonyl (C=O) groups is 2. The summed E-state index contributed by atoms with van der Waals surface area (Å²) in [5, 5.41) is 11.7. The number of carboxylic acids is 1. The molecule has 0 saturated carbocycles. The molecule has 7 nitrogen and oxygen atoms in total. The summed E-state index contributed by atoms with van der Waals surface area (Å²) in [5.41, 5.74) is 1.74. The van der Waals surface area contributed by atoms with Crippen molar-refractivity contribution in [1.29, 1.82) is 0 Å². The van der Waals surface area contributed by atoms with Crippen LogP contribution in [0.4, 0.5) is 11.4 Å². The molecule has 2 rings (SSSR count). The molecule has 0 aliphatic rings. The minimum absolute atomic E-state index is 0.0626. The number of carbonyl (C=O) groups excluding carboxylic acids is 1. The highest BCUT2D eigenvalue weighted by Gasteiger charge is 2.27. The molecule has 2 aromatic carbocycles. The molecule has 26 heavy (non-hydrogen) atoms. The van der Waals surface area contributed by atoms with E-state index in [0.717, 1.165) is 16.3 Å². The van der Waals surface area contributed by atoms with Gasteiger partial charge in [-0.25, -0.2) is 8.42 Å². The fourth-order valence-electron chi connectivity index (χ4n) is 2.38. The molecule has 0 aromatic heterocycles. The third-order valence-electron chi connectivity index (χ3n) is 3.67. The van der Waals surface area contributed by atoms with Gasteiger partial charge in [0.25, 0.3) is 10.0 Å². The standard InChI is InChI=1S/C18H20N2O5S/c1-3-14-4-8-16(9-5-14)20(12-18(22)23)26(24,25)17-10-6-15(7-11-17)19-13(2)21/h4-11H,3,12H2,1-2H3,(H,19,21)(H,22,23). The number of nitrogens with zero attached hydrogens (tertiary/aromatic N) is 1. The maximum absolute atomic E-state index is 12.9. The Hall–Kier alpha value is -2.87. The summed E-state index contributed by atoms with van der Waals surface area (Å²) in [7, 11) is -4.07. The van der Waals surface area contributed by atoms with E-state index in [1.807, 2.05) is 6.92 Å². The molecule has 0 saturated heterocycles. The fraction of sp³-hybridized carbons (Fsp3) is 0.222. The molecule has 0 aliphatic heterocycles. The van der Waals surface area contributed by atoms with Crippen LogP contribution in [-0.2, 0) is 26.0 Å². The average Bonchev–Trinajstić information content (AvgIpc) is 2.59. The predicted octanol–water partition coefficient (Wildman–Crippen LogP) is 2.49. The van der Waals surface area contributed by atoms with Crippen molar-refractivity contribution >= 4 is 33.3 Å². The molecule has 0 bridgehead atoms. The van der Waals surface area contributed by atoms with E-state index in [1.165, 1.54) is 31.2 Å². The predicted molar refractivity (Wildman–Crippen MR) is 98.7 cm³/mol. The Morgan fingerprint density at radius 1 is 1.04 bits per heavy atom. The lowest BCUT2D eigenvalue weighted by Gasteiger charge is -2.23. The van der Waals surface area contributed by atoms with Gasteiger partial charge in [0.05, 0.1) is 10.6 Å². The van der Waals surface area contributed by atoms with Crippen LogP contribution in [0.1, 0.15) is 19.4 Å². The largest absolute Gasteiger partial charge is 0.480 e. The Morgan fingerprint density at radius 2 is 1.62 bits per heavy atom. The number of rotatable bonds is 7. The molecule has 8 heteroatoms. The van der Waals surface area contributed by atoms with Gasteiger partial charge < -0.3 is 10.4 Å². The van der Waals surface area contributed by atoms with Crippen molar-refractivity contribution in [3.05, 3.63) is 54.1 Å². The van der Waals surface area contributed by atoms with Crippen LogP contribution in [0.5, 0.6) is 0 Å². The van der Waals surface area contributed by atoms with Crippen LogP contribution in [0.3, 0.4) is 0 Å². The normalized spacial score (nSPS) is 11.0. The summed E-state index contributed by atoms with van der Waals surface area (Å²) >= 11 is 0. The molecule has 2 N–H and O–H groups in total. The molecule has 1 amide bonds. The lowest BCUT2D eigenvalue weighted by molar-refractivity contribution is -0.135. The summed E-state index contributed by atoms with van der Waals surface area (Å²) in [5.74, 6) is -1.54. The lowest BCUT2D eigenvalue weighted by Crippen LogP contribution is -2.35. The van der Waals surface area contributed by atoms with Crippen LogP contribution in [0.25, 0.3) is 0 Å². The van der Waals surface area contributed by atoms with Gasteiger partial charge in [-0.3, -0.25) is 13.9 Å². The Morgan fingerprint density at radius 3 is 2.08 bits per heavy atom. The van der Waals surface area contributed by atoms with Crippen molar-refractivity contribution in [2.75, 3.05) is 16.2 Å². The Kier molecular flexibility index (Phi) is 5.99. The second-order valence-electron chi connectivity index (χ2n) is 5.63. The minimum atomic E-state index is -4.07. The first-order valence-corrected chi connectivity index (χ1v) is 9.39. The van der Waals surface area contributed by atoms with E-state index in [0.29, 0.717) is 5.69 Å². The average molecular weight is 376 g/mol. The number of hydrogen-bond acceptors (Lipinski definition) is 4. The quantitative estimate of drug-likeness (QED) is 0.773. The monoisotopic (exact) mass is 376 g/mol. The highest BCUT2D eigenvalue weighted by Crippen LogP contribution is 2.25. The van der Waals surface area contributed by atoms with Gasteiger partial charge in [-0.05, 0) is 48.4 Å². The zero-order chi connectivity index (χ0) is 19.3. The Bertz CT molecular complexity index is 890. The van der Waals surface area contributed by atoms with Crippen LogP contribution >= 0.6 is 0 Å². The molecule has 0 unspecified atom stereocenters. The van der Waals surface area contributed by atoms with Gasteiger partial charge in [0.1, 0.15) is 6.54 Å². The van der Waals surface area contributed by atoms with Crippen molar-refractivity contribution in [2.45, 2.75) is 25.2 Å². The lowest BCUT2D eigenvalue weighted by atomic mass is 10.1. The molecule has 0 spiro atoms. The number of sulfonamides is 1. The van der Waals surface area contributed by atoms with Crippen LogP contribution in [0.15, 0.2) is 53.4 Å². The van der Waals surface area contributed by atoms with Crippen molar-refractivity contribution in [3.8, 4) is 0 Å². The molecule has 0 radical (unpaired) electrons. The number of aliphatic carboxylic acids is 1. The minimum Gasteiger partial charge on any atom is -0.480 e. The zero-order valence-corrected chi connectivity index (χ0v) is 15.3. The number of amides is 1. The number of hydrogen-bond donors (Lipinski definition) is 2. The number of carboxylic acid groups (broad SMARTS) is 1. The van der Waals surface area contributed by atoms with Crippen molar-refractivity contribution < 1.29 is 23.1 Å². The molecule has 138 valence electrons. The summed E-state index contributed by atoms with van der Waals surface area (Å²) in [6.07, 6.45) is 0.788. The molecular weight excluding hydrogens is 356 g/mol. The number of anilines is 2. The van der Waals surface area contributed by atoms with Gasteiger partial charge in [0, 0.05) is 12.6 Å². The smallest absolute Gasteiger partial charge is 0.324 e. The van der Waals surface area contributed by atoms with E-state index in [4.69, 9.17) is 5.11 Å². The van der Waals surface area contributed by atoms with Crippen molar-refractivity contribution in [1.82, 2.24) is 0 Å². The SMILES string of the molecule is CCc1ccc(N(CC(=O)O)S(=O)(=O)c2ccc(NC(C)=O)cc2)cc1. The van der Waals surface area contributed by atoms with Crippen LogP contribution < -0.4 is 9.62 Å². The summed E-state index contributed by atoms with van der Waals surface area (Å²) in [6, 6.07) is 12.3. The van der Waals surface area contributed by atoms with E-state index in [2.05, 4.69) is 5.32 Å². The van der Waals surface area contributed by atoms with E-state index < -0.39 is 22.5 Å². The summed E-state index contributed by atoms with van der Waals surface area (Å²) < 4.78 is 26.7. The van der Waals surface area contributed by atoms with Gasteiger partial charge in [-0.15, -0.1) is 0 Å². The fourth-order valence-corrected chi connectivity index (χ4v) is 3.79. The second kappa shape index (κ2) is 8.01.